The summed E-state index contributed by atoms with van der Waals surface area (Å²) < 4.78 is 25.2. The largest absolute Gasteiger partial charge is 0.326 e. The summed E-state index contributed by atoms with van der Waals surface area (Å²) >= 11 is 10.5. The maximum absolute atomic E-state index is 11.7. The fourth-order valence-corrected chi connectivity index (χ4v) is 2.39. The van der Waals surface area contributed by atoms with E-state index in [0.717, 1.165) is 0 Å². The molecule has 0 saturated carbocycles. The molecule has 0 spiro atoms. The maximum Gasteiger partial charge on any atom is 0.266 e. The monoisotopic (exact) mass is 324 g/mol. The predicted molar refractivity (Wildman–Crippen MR) is 71.6 cm³/mol. The summed E-state index contributed by atoms with van der Waals surface area (Å²) in [7, 11) is -4.03. The second-order valence-corrected chi connectivity index (χ2v) is 6.25. The zero-order valence-corrected chi connectivity index (χ0v) is 12.0. The van der Waals surface area contributed by atoms with E-state index in [0.29, 0.717) is 5.69 Å². The summed E-state index contributed by atoms with van der Waals surface area (Å²) in [6, 6.07) is 5.25. The molecule has 0 saturated heterocycles. The number of benzene rings is 1. The fourth-order valence-electron chi connectivity index (χ4n) is 1.16. The van der Waals surface area contributed by atoms with E-state index in [1.54, 1.807) is 4.72 Å². The summed E-state index contributed by atoms with van der Waals surface area (Å²) in [5.74, 6) is -1.31. The standard InChI is InChI=1S/C10H10Cl2N2O4S/c1-6(15)13-7-2-4-8(5-3-7)19(17,18)14-10(16)9(11)12/h2-5,9H,1H3,(H,13,15)(H,14,16). The topological polar surface area (TPSA) is 92.3 Å². The van der Waals surface area contributed by atoms with Crippen LogP contribution in [0.5, 0.6) is 0 Å². The lowest BCUT2D eigenvalue weighted by atomic mass is 10.3. The van der Waals surface area contributed by atoms with Crippen LogP contribution in [0.25, 0.3) is 0 Å². The number of hydrogen-bond donors (Lipinski definition) is 2. The zero-order valence-electron chi connectivity index (χ0n) is 9.68. The Kier molecular flexibility index (Phi) is 5.16. The first kappa shape index (κ1) is 15.7. The molecule has 0 fully saturated rings. The highest BCUT2D eigenvalue weighted by atomic mass is 35.5. The first-order valence-electron chi connectivity index (χ1n) is 4.95. The van der Waals surface area contributed by atoms with E-state index in [-0.39, 0.29) is 10.8 Å². The van der Waals surface area contributed by atoms with Crippen LogP contribution < -0.4 is 10.0 Å². The quantitative estimate of drug-likeness (QED) is 0.815. The van der Waals surface area contributed by atoms with Gasteiger partial charge in [-0.3, -0.25) is 9.59 Å². The third-order valence-corrected chi connectivity index (χ3v) is 3.68. The van der Waals surface area contributed by atoms with Gasteiger partial charge in [0.15, 0.2) is 4.84 Å². The minimum Gasteiger partial charge on any atom is -0.326 e. The molecule has 104 valence electrons. The molecular formula is C10H10Cl2N2O4S. The average Bonchev–Trinajstić information content (AvgIpc) is 2.28. The van der Waals surface area contributed by atoms with E-state index in [1.165, 1.54) is 31.2 Å². The van der Waals surface area contributed by atoms with Gasteiger partial charge in [0.05, 0.1) is 4.90 Å². The SMILES string of the molecule is CC(=O)Nc1ccc(S(=O)(=O)NC(=O)C(Cl)Cl)cc1. The van der Waals surface area contributed by atoms with Crippen molar-refractivity contribution in [1.82, 2.24) is 4.72 Å². The minimum absolute atomic E-state index is 0.149. The molecule has 2 N–H and O–H groups in total. The maximum atomic E-state index is 11.7. The molecule has 1 aromatic carbocycles. The molecule has 0 aliphatic carbocycles. The van der Waals surface area contributed by atoms with Crippen LogP contribution in [0.3, 0.4) is 0 Å². The predicted octanol–water partition coefficient (Wildman–Crippen LogP) is 1.25. The van der Waals surface area contributed by atoms with Gasteiger partial charge in [-0.1, -0.05) is 23.2 Å². The number of carbonyl (C=O) groups is 2. The van der Waals surface area contributed by atoms with E-state index in [4.69, 9.17) is 23.2 Å². The van der Waals surface area contributed by atoms with E-state index in [2.05, 4.69) is 5.32 Å². The van der Waals surface area contributed by atoms with Crippen LogP contribution >= 0.6 is 23.2 Å². The van der Waals surface area contributed by atoms with Gasteiger partial charge in [-0.05, 0) is 24.3 Å². The first-order valence-corrected chi connectivity index (χ1v) is 7.30. The summed E-state index contributed by atoms with van der Waals surface area (Å²) in [6.07, 6.45) is 0. The summed E-state index contributed by atoms with van der Waals surface area (Å²) in [4.78, 5) is 20.3. The molecule has 0 unspecified atom stereocenters. The van der Waals surface area contributed by atoms with Gasteiger partial charge in [0.1, 0.15) is 0 Å². The number of anilines is 1. The van der Waals surface area contributed by atoms with E-state index < -0.39 is 20.8 Å². The number of sulfonamides is 1. The molecule has 0 aromatic heterocycles. The number of nitrogens with one attached hydrogen (secondary N) is 2. The number of halogens is 2. The molecule has 1 aromatic rings. The van der Waals surface area contributed by atoms with Crippen molar-refractivity contribution in [2.24, 2.45) is 0 Å². The van der Waals surface area contributed by atoms with Crippen molar-refractivity contribution in [2.45, 2.75) is 16.7 Å². The lowest BCUT2D eigenvalue weighted by Crippen LogP contribution is -2.34. The van der Waals surface area contributed by atoms with Crippen molar-refractivity contribution in [2.75, 3.05) is 5.32 Å². The lowest BCUT2D eigenvalue weighted by molar-refractivity contribution is -0.117. The Morgan fingerprint density at radius 1 is 1.16 bits per heavy atom. The van der Waals surface area contributed by atoms with Crippen LogP contribution in [0, 0.1) is 0 Å². The first-order chi connectivity index (χ1) is 8.72. The molecule has 9 heteroatoms. The van der Waals surface area contributed by atoms with Gasteiger partial charge in [-0.2, -0.15) is 0 Å². The Hall–Kier alpha value is -1.31. The third-order valence-electron chi connectivity index (χ3n) is 1.92. The van der Waals surface area contributed by atoms with Crippen molar-refractivity contribution in [3.63, 3.8) is 0 Å². The third kappa shape index (κ3) is 4.70. The molecule has 2 amide bonds. The van der Waals surface area contributed by atoms with Gasteiger partial charge in [0.25, 0.3) is 15.9 Å². The summed E-state index contributed by atoms with van der Waals surface area (Å²) in [6.45, 7) is 1.33. The second-order valence-electron chi connectivity index (χ2n) is 3.48. The Labute approximate surface area is 120 Å². The Balaban J connectivity index is 2.91. The van der Waals surface area contributed by atoms with Crippen molar-refractivity contribution in [1.29, 1.82) is 0 Å². The molecule has 0 bridgehead atoms. The van der Waals surface area contributed by atoms with Crippen LogP contribution in [0.2, 0.25) is 0 Å². The van der Waals surface area contributed by atoms with Crippen LogP contribution in [-0.4, -0.2) is 25.1 Å². The van der Waals surface area contributed by atoms with Crippen molar-refractivity contribution in [3.05, 3.63) is 24.3 Å². The number of hydrogen-bond acceptors (Lipinski definition) is 4. The Morgan fingerprint density at radius 2 is 1.68 bits per heavy atom. The average molecular weight is 325 g/mol. The lowest BCUT2D eigenvalue weighted by Gasteiger charge is -2.08. The van der Waals surface area contributed by atoms with E-state index in [9.17, 15) is 18.0 Å². The summed E-state index contributed by atoms with van der Waals surface area (Å²) in [5, 5.41) is 2.48. The van der Waals surface area contributed by atoms with Gasteiger partial charge in [-0.25, -0.2) is 13.1 Å². The molecule has 0 aliphatic heterocycles. The Morgan fingerprint density at radius 3 is 2.11 bits per heavy atom. The van der Waals surface area contributed by atoms with Crippen LogP contribution in [-0.2, 0) is 19.6 Å². The molecular weight excluding hydrogens is 315 g/mol. The van der Waals surface area contributed by atoms with Crippen LogP contribution in [0.1, 0.15) is 6.92 Å². The van der Waals surface area contributed by atoms with Gasteiger partial charge in [0.2, 0.25) is 5.91 Å². The van der Waals surface area contributed by atoms with Gasteiger partial charge in [0, 0.05) is 12.6 Å². The highest BCUT2D eigenvalue weighted by Gasteiger charge is 2.21. The summed E-state index contributed by atoms with van der Waals surface area (Å²) in [5.41, 5.74) is 0.435. The zero-order chi connectivity index (χ0) is 14.6. The Bertz CT molecular complexity index is 584. The van der Waals surface area contributed by atoms with Crippen LogP contribution in [0.4, 0.5) is 5.69 Å². The normalized spacial score (nSPS) is 11.2. The van der Waals surface area contributed by atoms with Crippen molar-refractivity contribution < 1.29 is 18.0 Å². The molecule has 0 atom stereocenters. The molecule has 0 radical (unpaired) electrons. The number of amides is 2. The van der Waals surface area contributed by atoms with E-state index in [1.807, 2.05) is 0 Å². The van der Waals surface area contributed by atoms with Gasteiger partial charge < -0.3 is 5.32 Å². The van der Waals surface area contributed by atoms with E-state index >= 15 is 0 Å². The van der Waals surface area contributed by atoms with Crippen LogP contribution in [0.15, 0.2) is 29.2 Å². The minimum atomic E-state index is -4.03. The van der Waals surface area contributed by atoms with Gasteiger partial charge in [-0.15, -0.1) is 0 Å². The number of alkyl halides is 2. The highest BCUT2D eigenvalue weighted by molar-refractivity contribution is 7.90. The molecule has 19 heavy (non-hydrogen) atoms. The highest BCUT2D eigenvalue weighted by Crippen LogP contribution is 2.14. The number of rotatable bonds is 4. The molecule has 6 nitrogen and oxygen atoms in total. The molecule has 0 heterocycles. The van der Waals surface area contributed by atoms with Crippen molar-refractivity contribution in [3.8, 4) is 0 Å². The molecule has 1 rings (SSSR count). The fraction of sp³-hybridized carbons (Fsp3) is 0.200. The number of carbonyl (C=O) groups excluding carboxylic acids is 2. The smallest absolute Gasteiger partial charge is 0.266 e. The second kappa shape index (κ2) is 6.23. The van der Waals surface area contributed by atoms with Crippen molar-refractivity contribution >= 4 is 50.7 Å². The molecule has 0 aliphatic rings. The van der Waals surface area contributed by atoms with Gasteiger partial charge >= 0.3 is 0 Å².